The minimum Gasteiger partial charge on any atom is -0.465 e. The number of para-hydroxylation sites is 1. The van der Waals surface area contributed by atoms with Gasteiger partial charge in [0, 0.05) is 7.11 Å². The van der Waals surface area contributed by atoms with E-state index in [2.05, 4.69) is 4.98 Å². The molecule has 0 fully saturated rings. The second-order valence-electron chi connectivity index (χ2n) is 6.02. The second-order valence-corrected chi connectivity index (χ2v) is 7.09. The number of aromatic nitrogens is 2. The molecule has 0 unspecified atom stereocenters. The zero-order valence-electron chi connectivity index (χ0n) is 15.8. The number of rotatable bonds is 8. The largest absolute Gasteiger partial charge is 0.465 e. The number of thioether (sulfide) groups is 1. The van der Waals surface area contributed by atoms with Gasteiger partial charge in [0.15, 0.2) is 5.16 Å². The van der Waals surface area contributed by atoms with Crippen LogP contribution < -0.4 is 5.56 Å². The van der Waals surface area contributed by atoms with Gasteiger partial charge in [-0.3, -0.25) is 14.2 Å². The van der Waals surface area contributed by atoms with E-state index in [4.69, 9.17) is 9.47 Å². The number of carbonyl (C=O) groups excluding carboxylic acids is 1. The van der Waals surface area contributed by atoms with E-state index in [1.807, 2.05) is 42.5 Å². The van der Waals surface area contributed by atoms with Gasteiger partial charge in [0.2, 0.25) is 0 Å². The maximum Gasteiger partial charge on any atom is 0.324 e. The Morgan fingerprint density at radius 3 is 2.57 bits per heavy atom. The van der Waals surface area contributed by atoms with Crippen molar-refractivity contribution in [3.63, 3.8) is 0 Å². The first-order valence-corrected chi connectivity index (χ1v) is 9.90. The third kappa shape index (κ3) is 4.43. The van der Waals surface area contributed by atoms with Crippen LogP contribution in [0.1, 0.15) is 17.7 Å². The zero-order valence-corrected chi connectivity index (χ0v) is 16.6. The molecule has 0 amide bonds. The van der Waals surface area contributed by atoms with Crippen LogP contribution in [-0.4, -0.2) is 35.8 Å². The highest BCUT2D eigenvalue weighted by atomic mass is 32.2. The normalized spacial score (nSPS) is 12.1. The lowest BCUT2D eigenvalue weighted by molar-refractivity contribution is -0.142. The summed E-state index contributed by atoms with van der Waals surface area (Å²) in [5.41, 5.74) is 1.24. The van der Waals surface area contributed by atoms with Crippen LogP contribution in [0.3, 0.4) is 0 Å². The van der Waals surface area contributed by atoms with Gasteiger partial charge in [-0.2, -0.15) is 0 Å². The Hall–Kier alpha value is -2.64. The van der Waals surface area contributed by atoms with E-state index in [0.29, 0.717) is 29.2 Å². The fourth-order valence-corrected chi connectivity index (χ4v) is 3.94. The van der Waals surface area contributed by atoms with Crippen molar-refractivity contribution in [2.24, 2.45) is 0 Å². The number of nitrogens with zero attached hydrogens (tertiary/aromatic N) is 2. The number of ether oxygens (including phenoxy) is 2. The van der Waals surface area contributed by atoms with Crippen LogP contribution in [0.2, 0.25) is 0 Å². The number of benzene rings is 2. The van der Waals surface area contributed by atoms with Gasteiger partial charge < -0.3 is 9.47 Å². The second kappa shape index (κ2) is 9.52. The van der Waals surface area contributed by atoms with Crippen molar-refractivity contribution in [2.75, 3.05) is 20.3 Å². The number of methoxy groups -OCH3 is 1. The van der Waals surface area contributed by atoms with E-state index in [1.54, 1.807) is 30.7 Å². The molecule has 1 heterocycles. The average Bonchev–Trinajstić information content (AvgIpc) is 2.72. The predicted molar refractivity (Wildman–Crippen MR) is 110 cm³/mol. The lowest BCUT2D eigenvalue weighted by Crippen LogP contribution is -2.26. The molecule has 28 heavy (non-hydrogen) atoms. The molecule has 0 aliphatic rings. The Balaban J connectivity index is 2.09. The molecular weight excluding hydrogens is 376 g/mol. The smallest absolute Gasteiger partial charge is 0.324 e. The lowest BCUT2D eigenvalue weighted by atomic mass is 10.1. The number of hydrogen-bond acceptors (Lipinski definition) is 6. The molecular formula is C21H22N2O4S. The van der Waals surface area contributed by atoms with Gasteiger partial charge in [-0.1, -0.05) is 54.2 Å². The van der Waals surface area contributed by atoms with Crippen LogP contribution in [0.5, 0.6) is 0 Å². The summed E-state index contributed by atoms with van der Waals surface area (Å²) in [5.74, 6) is -0.362. The van der Waals surface area contributed by atoms with Crippen LogP contribution in [0, 0.1) is 0 Å². The first kappa shape index (κ1) is 20.1. The average molecular weight is 398 g/mol. The molecule has 0 spiro atoms. The van der Waals surface area contributed by atoms with Crippen molar-refractivity contribution in [3.05, 3.63) is 70.5 Å². The van der Waals surface area contributed by atoms with E-state index in [0.717, 1.165) is 5.56 Å². The highest BCUT2D eigenvalue weighted by Gasteiger charge is 2.26. The summed E-state index contributed by atoms with van der Waals surface area (Å²) in [6, 6.07) is 16.6. The van der Waals surface area contributed by atoms with Crippen LogP contribution in [0.25, 0.3) is 10.9 Å². The van der Waals surface area contributed by atoms with Gasteiger partial charge >= 0.3 is 5.97 Å². The van der Waals surface area contributed by atoms with Crippen molar-refractivity contribution >= 4 is 28.6 Å². The van der Waals surface area contributed by atoms with Crippen molar-refractivity contribution in [1.82, 2.24) is 9.55 Å². The van der Waals surface area contributed by atoms with Crippen LogP contribution in [-0.2, 0) is 20.8 Å². The van der Waals surface area contributed by atoms with Crippen LogP contribution in [0.15, 0.2) is 64.5 Å². The topological polar surface area (TPSA) is 70.4 Å². The van der Waals surface area contributed by atoms with Gasteiger partial charge in [-0.05, 0) is 24.6 Å². The van der Waals surface area contributed by atoms with Gasteiger partial charge in [-0.25, -0.2) is 4.98 Å². The first-order valence-electron chi connectivity index (χ1n) is 9.02. The summed E-state index contributed by atoms with van der Waals surface area (Å²) in [5, 5.41) is 0.376. The minimum atomic E-state index is -0.622. The molecule has 3 rings (SSSR count). The van der Waals surface area contributed by atoms with E-state index < -0.39 is 5.25 Å². The molecule has 2 aromatic carbocycles. The van der Waals surface area contributed by atoms with Gasteiger partial charge in [0.05, 0.1) is 30.7 Å². The van der Waals surface area contributed by atoms with E-state index in [-0.39, 0.29) is 18.1 Å². The maximum atomic E-state index is 13.0. The van der Waals surface area contributed by atoms with Crippen molar-refractivity contribution in [2.45, 2.75) is 23.9 Å². The highest BCUT2D eigenvalue weighted by molar-refractivity contribution is 8.00. The Bertz CT molecular complexity index is 1000. The summed E-state index contributed by atoms with van der Waals surface area (Å²) in [6.07, 6.45) is 0. The van der Waals surface area contributed by atoms with Crippen molar-refractivity contribution < 1.29 is 14.3 Å². The molecule has 0 saturated carbocycles. The fraction of sp³-hybridized carbons (Fsp3) is 0.286. The maximum absolute atomic E-state index is 13.0. The third-order valence-corrected chi connectivity index (χ3v) is 5.39. The fourth-order valence-electron chi connectivity index (χ4n) is 2.82. The standard InChI is InChI=1S/C21H22N2O4S/c1-3-27-20(25)18(15-9-5-4-6-10-15)28-21-22-17-12-8-7-11-16(17)19(24)23(21)13-14-26-2/h4-12,18H,3,13-14H2,1-2H3/t18-/m0/s1. The molecule has 1 atom stereocenters. The monoisotopic (exact) mass is 398 g/mol. The molecule has 0 aliphatic heterocycles. The highest BCUT2D eigenvalue weighted by Crippen LogP contribution is 2.35. The summed E-state index contributed by atoms with van der Waals surface area (Å²) >= 11 is 1.22. The molecule has 6 nitrogen and oxygen atoms in total. The van der Waals surface area contributed by atoms with Crippen molar-refractivity contribution in [3.8, 4) is 0 Å². The molecule has 146 valence electrons. The molecule has 7 heteroatoms. The Morgan fingerprint density at radius 2 is 1.86 bits per heavy atom. The number of esters is 1. The van der Waals surface area contributed by atoms with Gasteiger partial charge in [0.25, 0.3) is 5.56 Å². The third-order valence-electron chi connectivity index (χ3n) is 4.17. The molecule has 0 bridgehead atoms. The van der Waals surface area contributed by atoms with E-state index in [9.17, 15) is 9.59 Å². The van der Waals surface area contributed by atoms with Gasteiger partial charge in [0.1, 0.15) is 5.25 Å². The molecule has 3 aromatic rings. The Kier molecular flexibility index (Phi) is 6.84. The van der Waals surface area contributed by atoms with Crippen LogP contribution in [0.4, 0.5) is 0 Å². The Morgan fingerprint density at radius 1 is 1.14 bits per heavy atom. The van der Waals surface area contributed by atoms with Crippen molar-refractivity contribution in [1.29, 1.82) is 0 Å². The predicted octanol–water partition coefficient (Wildman–Crippen LogP) is 3.44. The van der Waals surface area contributed by atoms with Crippen LogP contribution >= 0.6 is 11.8 Å². The minimum absolute atomic E-state index is 0.152. The molecule has 0 saturated heterocycles. The quantitative estimate of drug-likeness (QED) is 0.329. The molecule has 0 radical (unpaired) electrons. The zero-order chi connectivity index (χ0) is 19.9. The number of hydrogen-bond donors (Lipinski definition) is 0. The number of fused-ring (bicyclic) bond motifs is 1. The first-order chi connectivity index (χ1) is 13.7. The SMILES string of the molecule is CCOC(=O)[C@@H](Sc1nc2ccccc2c(=O)n1CCOC)c1ccccc1. The molecule has 0 aliphatic carbocycles. The summed E-state index contributed by atoms with van der Waals surface area (Å²) in [7, 11) is 1.58. The Labute approximate surface area is 167 Å². The summed E-state index contributed by atoms with van der Waals surface area (Å²) in [4.78, 5) is 30.3. The number of carbonyl (C=O) groups is 1. The summed E-state index contributed by atoms with van der Waals surface area (Å²) in [6.45, 7) is 2.76. The molecule has 1 aromatic heterocycles. The summed E-state index contributed by atoms with van der Waals surface area (Å²) < 4.78 is 12.0. The van der Waals surface area contributed by atoms with E-state index in [1.165, 1.54) is 11.8 Å². The molecule has 0 N–H and O–H groups in total. The van der Waals surface area contributed by atoms with Gasteiger partial charge in [-0.15, -0.1) is 0 Å². The van der Waals surface area contributed by atoms with E-state index >= 15 is 0 Å². The lowest BCUT2D eigenvalue weighted by Gasteiger charge is -2.18.